The number of aromatic hydroxyl groups is 7. The normalized spacial score (nSPS) is 18.4. The van der Waals surface area contributed by atoms with Crippen molar-refractivity contribution in [1.82, 2.24) is 0 Å². The molecule has 6 atom stereocenters. The Kier molecular flexibility index (Phi) is 14.8. The Morgan fingerprint density at radius 1 is 0.723 bits per heavy atom. The number of carbonyl (C=O) groups excluding carboxylic acids is 1. The minimum Gasteiger partial charge on any atom is -0.508 e. The first-order valence-electron chi connectivity index (χ1n) is 21.6. The molecule has 8 N–H and O–H groups in total. The van der Waals surface area contributed by atoms with Crippen molar-refractivity contribution in [3.8, 4) is 46.0 Å². The van der Waals surface area contributed by atoms with Gasteiger partial charge in [0.25, 0.3) is 0 Å². The van der Waals surface area contributed by atoms with Gasteiger partial charge < -0.3 is 50.3 Å². The second-order valence-electron chi connectivity index (χ2n) is 16.5. The Morgan fingerprint density at radius 3 is 1.85 bits per heavy atom. The molecule has 6 aromatic rings. The molecule has 0 unspecified atom stereocenters. The van der Waals surface area contributed by atoms with E-state index in [1.54, 1.807) is 97.1 Å². The smallest absolute Gasteiger partial charge is 0.176 e. The SMILES string of the molecule is COc1cc(O)c([C@H](/C=C/C[C@@H](O)CCc2ccc(O)cc2)c2ccc(O)cc2)c(O)c1C(=O)[C@H]1[C@H](/C=C/c2ccc(O)cc2)C[C@H](CCc2ccc(O)cc2)O[C@@H]1c1ccc(O)cc1. The molecule has 0 aliphatic carbocycles. The van der Waals surface area contributed by atoms with E-state index in [9.17, 15) is 40.9 Å². The molecule has 1 aliphatic rings. The van der Waals surface area contributed by atoms with E-state index in [0.29, 0.717) is 43.2 Å². The van der Waals surface area contributed by atoms with Crippen LogP contribution in [0.2, 0.25) is 0 Å². The summed E-state index contributed by atoms with van der Waals surface area (Å²) in [5.74, 6) is -3.31. The number of hydrogen-bond donors (Lipinski definition) is 8. The number of methoxy groups -OCH3 is 1. The number of rotatable bonds is 17. The molecule has 1 saturated heterocycles. The summed E-state index contributed by atoms with van der Waals surface area (Å²) in [4.78, 5) is 15.6. The van der Waals surface area contributed by atoms with Gasteiger partial charge in [-0.25, -0.2) is 0 Å². The maximum Gasteiger partial charge on any atom is 0.176 e. The number of aliphatic hydroxyl groups excluding tert-OH is 1. The molecule has 0 radical (unpaired) electrons. The summed E-state index contributed by atoms with van der Waals surface area (Å²) >= 11 is 0. The van der Waals surface area contributed by atoms with E-state index in [1.807, 2.05) is 24.3 Å². The van der Waals surface area contributed by atoms with E-state index in [2.05, 4.69) is 0 Å². The van der Waals surface area contributed by atoms with Crippen LogP contribution in [0.3, 0.4) is 0 Å². The number of carbonyl (C=O) groups is 1. The number of aryl methyl sites for hydroxylation is 2. The number of allylic oxidation sites excluding steroid dienone is 2. The minimum absolute atomic E-state index is 0.00511. The van der Waals surface area contributed by atoms with Gasteiger partial charge in [-0.05, 0) is 133 Å². The number of hydrogen-bond acceptors (Lipinski definition) is 11. The fraction of sp³-hybridized carbons (Fsp3) is 0.241. The van der Waals surface area contributed by atoms with Crippen LogP contribution in [-0.4, -0.2) is 66.0 Å². The fourth-order valence-electron chi connectivity index (χ4n) is 8.56. The average molecular weight is 879 g/mol. The average Bonchev–Trinajstić information content (AvgIpc) is 3.30. The number of aliphatic hydroxyl groups is 1. The summed E-state index contributed by atoms with van der Waals surface area (Å²) in [6, 6.07) is 34.4. The number of ether oxygens (including phenoxy) is 2. The highest BCUT2D eigenvalue weighted by atomic mass is 16.5. The van der Waals surface area contributed by atoms with Crippen molar-refractivity contribution in [3.63, 3.8) is 0 Å². The molecule has 0 bridgehead atoms. The Morgan fingerprint density at radius 2 is 1.26 bits per heavy atom. The van der Waals surface area contributed by atoms with Crippen molar-refractivity contribution in [3.05, 3.63) is 185 Å². The van der Waals surface area contributed by atoms with Crippen LogP contribution in [0.4, 0.5) is 0 Å². The Hall–Kier alpha value is -7.21. The first-order valence-corrected chi connectivity index (χ1v) is 21.6. The molecule has 7 rings (SSSR count). The second kappa shape index (κ2) is 21.0. The van der Waals surface area contributed by atoms with Gasteiger partial charge in [0.05, 0.1) is 31.3 Å². The predicted molar refractivity (Wildman–Crippen MR) is 248 cm³/mol. The highest BCUT2D eigenvalue weighted by Gasteiger charge is 2.45. The second-order valence-corrected chi connectivity index (χ2v) is 16.5. The monoisotopic (exact) mass is 878 g/mol. The zero-order chi connectivity index (χ0) is 46.0. The molecule has 11 heteroatoms. The van der Waals surface area contributed by atoms with E-state index >= 15 is 4.79 Å². The predicted octanol–water partition coefficient (Wildman–Crippen LogP) is 10.00. The van der Waals surface area contributed by atoms with Crippen molar-refractivity contribution in [2.45, 2.75) is 62.8 Å². The number of ketones is 1. The van der Waals surface area contributed by atoms with Crippen LogP contribution in [0.1, 0.15) is 81.4 Å². The Balaban J connectivity index is 1.28. The summed E-state index contributed by atoms with van der Waals surface area (Å²) in [7, 11) is 1.35. The molecule has 1 aliphatic heterocycles. The van der Waals surface area contributed by atoms with Gasteiger partial charge >= 0.3 is 0 Å². The van der Waals surface area contributed by atoms with Crippen LogP contribution in [0.25, 0.3) is 6.08 Å². The Bertz CT molecular complexity index is 2570. The van der Waals surface area contributed by atoms with Gasteiger partial charge in [-0.1, -0.05) is 85.0 Å². The number of phenols is 7. The zero-order valence-corrected chi connectivity index (χ0v) is 35.9. The lowest BCUT2D eigenvalue weighted by Gasteiger charge is -2.41. The molecule has 0 aromatic heterocycles. The summed E-state index contributed by atoms with van der Waals surface area (Å²) in [5.41, 5.74) is 3.75. The van der Waals surface area contributed by atoms with Gasteiger partial charge in [0.1, 0.15) is 51.6 Å². The maximum atomic E-state index is 15.6. The molecule has 336 valence electrons. The van der Waals surface area contributed by atoms with Crippen LogP contribution in [0, 0.1) is 11.8 Å². The van der Waals surface area contributed by atoms with Crippen LogP contribution in [-0.2, 0) is 17.6 Å². The topological polar surface area (TPSA) is 197 Å². The van der Waals surface area contributed by atoms with E-state index in [0.717, 1.165) is 16.7 Å². The van der Waals surface area contributed by atoms with Gasteiger partial charge in [-0.3, -0.25) is 4.79 Å². The molecule has 0 saturated carbocycles. The molecule has 1 fully saturated rings. The first-order chi connectivity index (χ1) is 31.4. The number of phenolic OH excluding ortho intramolecular Hbond substituents is 7. The lowest BCUT2D eigenvalue weighted by Crippen LogP contribution is -2.40. The number of benzene rings is 6. The molecule has 0 amide bonds. The molecule has 1 heterocycles. The van der Waals surface area contributed by atoms with E-state index < -0.39 is 41.5 Å². The van der Waals surface area contributed by atoms with Gasteiger partial charge in [0.2, 0.25) is 0 Å². The minimum atomic E-state index is -0.971. The van der Waals surface area contributed by atoms with E-state index in [1.165, 1.54) is 37.4 Å². The van der Waals surface area contributed by atoms with Crippen LogP contribution in [0.15, 0.2) is 146 Å². The lowest BCUT2D eigenvalue weighted by atomic mass is 9.73. The van der Waals surface area contributed by atoms with Crippen molar-refractivity contribution in [2.75, 3.05) is 7.11 Å². The largest absolute Gasteiger partial charge is 0.508 e. The quantitative estimate of drug-likeness (QED) is 0.0321. The summed E-state index contributed by atoms with van der Waals surface area (Å²) < 4.78 is 12.6. The van der Waals surface area contributed by atoms with Crippen LogP contribution in [0.5, 0.6) is 46.0 Å². The van der Waals surface area contributed by atoms with Crippen molar-refractivity contribution in [1.29, 1.82) is 0 Å². The highest BCUT2D eigenvalue weighted by molar-refractivity contribution is 6.04. The van der Waals surface area contributed by atoms with Crippen LogP contribution >= 0.6 is 0 Å². The maximum absolute atomic E-state index is 15.6. The molecular weight excluding hydrogens is 825 g/mol. The zero-order valence-electron chi connectivity index (χ0n) is 35.9. The summed E-state index contributed by atoms with van der Waals surface area (Å²) in [5, 5.41) is 85.1. The van der Waals surface area contributed by atoms with Gasteiger partial charge in [0.15, 0.2) is 5.78 Å². The fourth-order valence-corrected chi connectivity index (χ4v) is 8.56. The third-order valence-corrected chi connectivity index (χ3v) is 12.1. The highest BCUT2D eigenvalue weighted by Crippen LogP contribution is 2.50. The van der Waals surface area contributed by atoms with Gasteiger partial charge in [0, 0.05) is 17.5 Å². The third kappa shape index (κ3) is 11.5. The third-order valence-electron chi connectivity index (χ3n) is 12.1. The summed E-state index contributed by atoms with van der Waals surface area (Å²) in [6.07, 6.45) is 8.17. The van der Waals surface area contributed by atoms with Crippen molar-refractivity contribution < 1.29 is 55.1 Å². The molecule has 6 aromatic carbocycles. The van der Waals surface area contributed by atoms with E-state index in [4.69, 9.17) is 9.47 Å². The molecule has 0 spiro atoms. The Labute approximate surface area is 378 Å². The van der Waals surface area contributed by atoms with E-state index in [-0.39, 0.29) is 63.9 Å². The molecule has 11 nitrogen and oxygen atoms in total. The standard InChI is InChI=1S/C54H54O11/c1-64-48-32-47(61)50(46(36-15-26-43(59)27-16-36)4-2-3-39(55)19-6-34-9-22-41(57)23-10-34)53(63)51(48)52(62)49-38(14-5-33-7-20-40(56)21-8-33)31-45(30-13-35-11-24-42(58)25-12-35)65-54(49)37-17-28-44(60)29-18-37/h2,4-5,7-12,14-18,20-29,32,38-39,45-46,49,54-61,63H,3,6,13,19,30-31H2,1H3/b4-2+,14-5+/t38-,39-,45+,46-,49-,54-/m1/s1. The van der Waals surface area contributed by atoms with Crippen LogP contribution < -0.4 is 4.74 Å². The lowest BCUT2D eigenvalue weighted by molar-refractivity contribution is -0.0938. The summed E-state index contributed by atoms with van der Waals surface area (Å²) in [6.45, 7) is 0. The van der Waals surface area contributed by atoms with Crippen molar-refractivity contribution >= 4 is 11.9 Å². The number of Topliss-reactive ketones (excluding diaryl/α,β-unsaturated/α-hetero) is 1. The van der Waals surface area contributed by atoms with Gasteiger partial charge in [-0.15, -0.1) is 0 Å². The van der Waals surface area contributed by atoms with Crippen molar-refractivity contribution in [2.24, 2.45) is 11.8 Å². The first kappa shape index (κ1) is 45.8. The molecular formula is C54H54O11. The molecule has 65 heavy (non-hydrogen) atoms. The van der Waals surface area contributed by atoms with Gasteiger partial charge in [-0.2, -0.15) is 0 Å².